The maximum atomic E-state index is 13.2. The molecule has 53 heavy (non-hydrogen) atoms. The number of hydrogen-bond acceptors (Lipinski definition) is 12. The minimum atomic E-state index is -0.736. The third-order valence-electron chi connectivity index (χ3n) is 9.12. The summed E-state index contributed by atoms with van der Waals surface area (Å²) in [7, 11) is 6.44. The highest BCUT2D eigenvalue weighted by molar-refractivity contribution is 6.03. The van der Waals surface area contributed by atoms with Crippen molar-refractivity contribution in [2.45, 2.75) is 51.1 Å². The number of imidazole rings is 1. The number of carbonyl (C=O) groups is 5. The molecule has 280 valence electrons. The normalized spacial score (nSPS) is 17.5. The van der Waals surface area contributed by atoms with Crippen molar-refractivity contribution in [3.63, 3.8) is 0 Å². The summed E-state index contributed by atoms with van der Waals surface area (Å²) in [6.07, 6.45) is 9.15. The van der Waals surface area contributed by atoms with E-state index < -0.39 is 18.0 Å². The molecule has 0 saturated carbocycles. The lowest BCUT2D eigenvalue weighted by Crippen LogP contribution is -2.36. The Morgan fingerprint density at radius 1 is 1.00 bits per heavy atom. The Bertz CT molecular complexity index is 2000. The van der Waals surface area contributed by atoms with Gasteiger partial charge in [0.1, 0.15) is 11.7 Å². The monoisotopic (exact) mass is 730 g/mol. The summed E-state index contributed by atoms with van der Waals surface area (Å²) in [6, 6.07) is 4.22. The number of nitrogens with zero attached hydrogens (tertiary/aromatic N) is 6. The number of fused-ring (bicyclic) bond motifs is 2. The molecule has 3 aliphatic rings. The van der Waals surface area contributed by atoms with Crippen LogP contribution in [0.5, 0.6) is 17.4 Å². The largest absolute Gasteiger partial charge is 0.493 e. The topological polar surface area (TPSA) is 188 Å². The molecule has 0 bridgehead atoms. The van der Waals surface area contributed by atoms with Crippen LogP contribution in [0.3, 0.4) is 0 Å². The molecular weight excluding hydrogens is 688 g/mol. The van der Waals surface area contributed by atoms with Gasteiger partial charge in [0.05, 0.1) is 49.5 Å². The van der Waals surface area contributed by atoms with Gasteiger partial charge in [0.25, 0.3) is 5.91 Å². The molecule has 5 heterocycles. The van der Waals surface area contributed by atoms with Crippen LogP contribution in [0.15, 0.2) is 47.5 Å². The lowest BCUT2D eigenvalue weighted by molar-refractivity contribution is -0.121. The van der Waals surface area contributed by atoms with Crippen molar-refractivity contribution in [2.75, 3.05) is 39.2 Å². The maximum absolute atomic E-state index is 13.2. The van der Waals surface area contributed by atoms with Crippen LogP contribution < -0.4 is 24.8 Å². The van der Waals surface area contributed by atoms with E-state index in [-0.39, 0.29) is 67.2 Å². The quantitative estimate of drug-likeness (QED) is 0.194. The highest BCUT2D eigenvalue weighted by Gasteiger charge is 2.33. The van der Waals surface area contributed by atoms with Gasteiger partial charge < -0.3 is 48.5 Å². The number of hydrogen-bond donors (Lipinski definition) is 2. The van der Waals surface area contributed by atoms with Gasteiger partial charge in [-0.25, -0.2) is 9.59 Å². The Morgan fingerprint density at radius 2 is 1.81 bits per heavy atom. The van der Waals surface area contributed by atoms with Crippen molar-refractivity contribution < 1.29 is 42.9 Å². The molecule has 0 spiro atoms. The molecule has 2 aromatic heterocycles. The third-order valence-corrected chi connectivity index (χ3v) is 9.12. The highest BCUT2D eigenvalue weighted by atomic mass is 16.5. The van der Waals surface area contributed by atoms with Crippen LogP contribution in [0.25, 0.3) is 0 Å². The van der Waals surface area contributed by atoms with Gasteiger partial charge in [0.2, 0.25) is 23.5 Å². The van der Waals surface area contributed by atoms with Crippen LogP contribution in [0, 0.1) is 0 Å². The Labute approximate surface area is 305 Å². The van der Waals surface area contributed by atoms with Gasteiger partial charge in [-0.15, -0.1) is 0 Å². The predicted molar refractivity (Wildman–Crippen MR) is 190 cm³/mol. The van der Waals surface area contributed by atoms with Crippen LogP contribution in [0.1, 0.15) is 70.5 Å². The van der Waals surface area contributed by atoms with Crippen molar-refractivity contribution in [1.29, 1.82) is 0 Å². The number of benzene rings is 1. The second kappa shape index (κ2) is 15.6. The fourth-order valence-electron chi connectivity index (χ4n) is 6.46. The molecule has 1 aromatic carbocycles. The van der Waals surface area contributed by atoms with E-state index in [1.165, 1.54) is 28.5 Å². The first-order valence-corrected chi connectivity index (χ1v) is 17.3. The lowest BCUT2D eigenvalue weighted by atomic mass is 10.1. The van der Waals surface area contributed by atoms with Crippen molar-refractivity contribution in [2.24, 2.45) is 19.1 Å². The molecule has 2 N–H and O–H groups in total. The zero-order chi connectivity index (χ0) is 37.8. The molecular formula is C36H42N8O9. The van der Waals surface area contributed by atoms with Crippen LogP contribution in [-0.4, -0.2) is 106 Å². The van der Waals surface area contributed by atoms with Gasteiger partial charge in [-0.2, -0.15) is 4.98 Å². The SMILES string of the molecule is CCOC(=O)c1nc(OC(=O)c2cc(NC(=O)C3CC(NC(=O)CCCOc4cc5c(cc4OC)C(=O)N4CCC[C@H]4C=N5)=CN3C)cn2C)cn1C. The highest BCUT2D eigenvalue weighted by Crippen LogP contribution is 2.38. The van der Waals surface area contributed by atoms with E-state index in [0.29, 0.717) is 47.1 Å². The van der Waals surface area contributed by atoms with Gasteiger partial charge >= 0.3 is 11.9 Å². The van der Waals surface area contributed by atoms with Crippen molar-refractivity contribution in [3.8, 4) is 17.4 Å². The number of anilines is 1. The Hall–Kier alpha value is -6.13. The van der Waals surface area contributed by atoms with Crippen molar-refractivity contribution in [1.82, 2.24) is 29.2 Å². The molecule has 3 aromatic rings. The minimum Gasteiger partial charge on any atom is -0.493 e. The Balaban J connectivity index is 0.965. The summed E-state index contributed by atoms with van der Waals surface area (Å²) in [5, 5.41) is 5.70. The van der Waals surface area contributed by atoms with Gasteiger partial charge in [-0.1, -0.05) is 0 Å². The molecule has 6 rings (SSSR count). The molecule has 1 fully saturated rings. The number of aliphatic imine (C=N–C) groups is 1. The fraction of sp³-hybridized carbons (Fsp3) is 0.417. The molecule has 0 radical (unpaired) electrons. The first-order chi connectivity index (χ1) is 25.4. The number of methoxy groups -OCH3 is 1. The molecule has 17 nitrogen and oxygen atoms in total. The summed E-state index contributed by atoms with van der Waals surface area (Å²) in [6.45, 7) is 2.77. The van der Waals surface area contributed by atoms with Crippen LogP contribution in [0.2, 0.25) is 0 Å². The van der Waals surface area contributed by atoms with E-state index in [4.69, 9.17) is 18.9 Å². The summed E-state index contributed by atoms with van der Waals surface area (Å²) in [4.78, 5) is 76.2. The number of ether oxygens (including phenoxy) is 4. The van der Waals surface area contributed by atoms with Gasteiger partial charge in [0.15, 0.2) is 11.5 Å². The number of aromatic nitrogens is 3. The van der Waals surface area contributed by atoms with E-state index in [2.05, 4.69) is 20.6 Å². The number of rotatable bonds is 13. The number of nitrogens with one attached hydrogen (secondary N) is 2. The average Bonchev–Trinajstić information content (AvgIpc) is 3.90. The maximum Gasteiger partial charge on any atom is 0.374 e. The van der Waals surface area contributed by atoms with Crippen LogP contribution in [0.4, 0.5) is 11.4 Å². The van der Waals surface area contributed by atoms with E-state index in [9.17, 15) is 24.0 Å². The zero-order valence-corrected chi connectivity index (χ0v) is 30.2. The third kappa shape index (κ3) is 8.03. The number of likely N-dealkylation sites (N-methyl/N-ethyl adjacent to an activating group) is 1. The first kappa shape index (κ1) is 36.7. The predicted octanol–water partition coefficient (Wildman–Crippen LogP) is 2.94. The second-order valence-electron chi connectivity index (χ2n) is 12.9. The Morgan fingerprint density at radius 3 is 2.58 bits per heavy atom. The molecule has 1 unspecified atom stereocenters. The summed E-state index contributed by atoms with van der Waals surface area (Å²) >= 11 is 0. The molecule has 2 atom stereocenters. The number of esters is 2. The van der Waals surface area contributed by atoms with Crippen LogP contribution >= 0.6 is 0 Å². The van der Waals surface area contributed by atoms with Gasteiger partial charge in [-0.05, 0) is 38.3 Å². The number of amides is 3. The molecule has 17 heteroatoms. The number of aryl methyl sites for hydroxylation is 2. The minimum absolute atomic E-state index is 0.00592. The van der Waals surface area contributed by atoms with E-state index >= 15 is 0 Å². The van der Waals surface area contributed by atoms with Crippen LogP contribution in [-0.2, 0) is 28.4 Å². The fourth-order valence-corrected chi connectivity index (χ4v) is 6.46. The van der Waals surface area contributed by atoms with E-state index in [0.717, 1.165) is 12.8 Å². The van der Waals surface area contributed by atoms with Gasteiger partial charge in [0, 0.05) is 70.9 Å². The zero-order valence-electron chi connectivity index (χ0n) is 30.2. The van der Waals surface area contributed by atoms with Crippen molar-refractivity contribution in [3.05, 3.63) is 59.6 Å². The number of carbonyl (C=O) groups excluding carboxylic acids is 5. The standard InChI is InChI=1S/C36H42N8O9/c1-6-51-36(49)32-40-31(20-43(32)4)53-35(48)27-14-22(19-42(27)3)39-33(46)26-13-21(18-41(26)2)38-30(45)10-8-12-52-29-16-25-24(15-28(29)50-5)34(47)44-11-7-9-23(44)17-37-25/h14-20,23,26H,6-13H2,1-5H3,(H,38,45)(H,39,46)/t23-,26?/m0/s1. The second-order valence-corrected chi connectivity index (χ2v) is 12.9. The molecule has 1 saturated heterocycles. The molecule has 0 aliphatic carbocycles. The first-order valence-electron chi connectivity index (χ1n) is 17.3. The average molecular weight is 731 g/mol. The summed E-state index contributed by atoms with van der Waals surface area (Å²) in [5.41, 5.74) is 2.09. The Kier molecular flexibility index (Phi) is 10.8. The summed E-state index contributed by atoms with van der Waals surface area (Å²) in [5.74, 6) is -1.25. The molecule has 3 amide bonds. The van der Waals surface area contributed by atoms with E-state index in [1.54, 1.807) is 57.5 Å². The van der Waals surface area contributed by atoms with Gasteiger partial charge in [-0.3, -0.25) is 19.4 Å². The lowest BCUT2D eigenvalue weighted by Gasteiger charge is -2.20. The summed E-state index contributed by atoms with van der Waals surface area (Å²) < 4.78 is 24.7. The smallest absolute Gasteiger partial charge is 0.374 e. The molecule has 3 aliphatic heterocycles. The van der Waals surface area contributed by atoms with E-state index in [1.807, 2.05) is 11.1 Å². The van der Waals surface area contributed by atoms with Crippen molar-refractivity contribution >= 4 is 47.2 Å².